The Balaban J connectivity index is 1.63. The molecule has 1 amide bonds. The number of hydrogen-bond donors (Lipinski definition) is 0. The molecule has 1 saturated carbocycles. The Morgan fingerprint density at radius 2 is 1.78 bits per heavy atom. The van der Waals surface area contributed by atoms with Crippen LogP contribution in [0.25, 0.3) is 11.0 Å². The second-order valence-electron chi connectivity index (χ2n) is 11.2. The van der Waals surface area contributed by atoms with Crippen LogP contribution in [0, 0.1) is 11.3 Å². The van der Waals surface area contributed by atoms with E-state index < -0.39 is 0 Å². The highest BCUT2D eigenvalue weighted by Gasteiger charge is 2.43. The van der Waals surface area contributed by atoms with Crippen LogP contribution >= 0.6 is 0 Å². The highest BCUT2D eigenvalue weighted by molar-refractivity contribution is 5.95. The molecule has 1 aliphatic heterocycles. The number of hydrogen-bond acceptors (Lipinski definition) is 5. The number of fused-ring (bicyclic) bond motifs is 3. The van der Waals surface area contributed by atoms with Crippen LogP contribution in [0.2, 0.25) is 0 Å². The van der Waals surface area contributed by atoms with Gasteiger partial charge in [0.25, 0.3) is 0 Å². The maximum Gasteiger partial charge on any atom is 0.414 e. The largest absolute Gasteiger partial charge is 0.469 e. The number of nitrogens with zero attached hydrogens (tertiary/aromatic N) is 3. The molecule has 1 aromatic heterocycles. The van der Waals surface area contributed by atoms with Gasteiger partial charge in [-0.25, -0.2) is 9.78 Å². The molecule has 2 aromatic carbocycles. The minimum absolute atomic E-state index is 0.0673. The predicted octanol–water partition coefficient (Wildman–Crippen LogP) is 6.08. The summed E-state index contributed by atoms with van der Waals surface area (Å²) in [5.41, 5.74) is 5.08. The molecule has 0 spiro atoms. The summed E-state index contributed by atoms with van der Waals surface area (Å²) >= 11 is 0. The van der Waals surface area contributed by atoms with Crippen LogP contribution in [0.3, 0.4) is 0 Å². The average molecular weight is 504 g/mol. The Morgan fingerprint density at radius 3 is 2.46 bits per heavy atom. The van der Waals surface area contributed by atoms with Gasteiger partial charge in [0.05, 0.1) is 36.9 Å². The molecule has 0 saturated heterocycles. The fourth-order valence-corrected chi connectivity index (χ4v) is 6.53. The quantitative estimate of drug-likeness (QED) is 0.404. The van der Waals surface area contributed by atoms with Gasteiger partial charge in [-0.05, 0) is 62.1 Å². The van der Waals surface area contributed by atoms with E-state index in [1.54, 1.807) is 4.90 Å². The Labute approximate surface area is 218 Å². The lowest BCUT2D eigenvalue weighted by atomic mass is 9.67. The van der Waals surface area contributed by atoms with E-state index >= 15 is 0 Å². The fraction of sp³-hybridized carbons (Fsp3) is 0.500. The van der Waals surface area contributed by atoms with Crippen LogP contribution in [-0.4, -0.2) is 41.9 Å². The second-order valence-corrected chi connectivity index (χ2v) is 11.2. The van der Waals surface area contributed by atoms with Crippen molar-refractivity contribution in [2.75, 3.05) is 19.1 Å². The van der Waals surface area contributed by atoms with Gasteiger partial charge in [-0.1, -0.05) is 44.2 Å². The maximum absolute atomic E-state index is 12.7. The zero-order valence-electron chi connectivity index (χ0n) is 22.5. The molecular formula is C30H37N3O4. The van der Waals surface area contributed by atoms with Crippen molar-refractivity contribution in [3.63, 3.8) is 0 Å². The van der Waals surface area contributed by atoms with Crippen LogP contribution in [0.15, 0.2) is 42.5 Å². The molecule has 0 unspecified atom stereocenters. The highest BCUT2D eigenvalue weighted by atomic mass is 16.5. The number of ether oxygens (including phenoxy) is 2. The van der Waals surface area contributed by atoms with Crippen molar-refractivity contribution in [3.05, 3.63) is 59.4 Å². The van der Waals surface area contributed by atoms with Gasteiger partial charge in [-0.2, -0.15) is 0 Å². The van der Waals surface area contributed by atoms with Crippen molar-refractivity contribution in [3.8, 4) is 0 Å². The summed E-state index contributed by atoms with van der Waals surface area (Å²) in [6.07, 6.45) is 4.65. The van der Waals surface area contributed by atoms with E-state index in [-0.39, 0.29) is 35.5 Å². The lowest BCUT2D eigenvalue weighted by Gasteiger charge is -2.41. The average Bonchev–Trinajstić information content (AvgIpc) is 3.25. The summed E-state index contributed by atoms with van der Waals surface area (Å²) in [5, 5.41) is 0. The number of aromatic nitrogens is 2. The zero-order valence-corrected chi connectivity index (χ0v) is 22.5. The van der Waals surface area contributed by atoms with Crippen molar-refractivity contribution in [2.45, 2.75) is 71.4 Å². The van der Waals surface area contributed by atoms with Crippen molar-refractivity contribution in [2.24, 2.45) is 11.3 Å². The van der Waals surface area contributed by atoms with Crippen LogP contribution in [0.1, 0.15) is 69.4 Å². The molecule has 0 N–H and O–H groups in total. The zero-order chi connectivity index (χ0) is 26.3. The van der Waals surface area contributed by atoms with Gasteiger partial charge in [-0.15, -0.1) is 0 Å². The topological polar surface area (TPSA) is 73.7 Å². The number of imidazole rings is 1. The van der Waals surface area contributed by atoms with Gasteiger partial charge in [-0.3, -0.25) is 9.69 Å². The summed E-state index contributed by atoms with van der Waals surface area (Å²) in [5.74, 6) is 0.800. The fourth-order valence-electron chi connectivity index (χ4n) is 6.53. The van der Waals surface area contributed by atoms with Gasteiger partial charge in [0, 0.05) is 24.1 Å². The van der Waals surface area contributed by atoms with E-state index in [4.69, 9.17) is 14.5 Å². The molecule has 1 fully saturated rings. The molecule has 0 bridgehead atoms. The molecule has 3 aromatic rings. The smallest absolute Gasteiger partial charge is 0.414 e. The number of esters is 1. The van der Waals surface area contributed by atoms with Crippen LogP contribution in [0.4, 0.5) is 10.5 Å². The Kier molecular flexibility index (Phi) is 6.73. The molecule has 37 heavy (non-hydrogen) atoms. The molecule has 2 aliphatic rings. The summed E-state index contributed by atoms with van der Waals surface area (Å²) in [4.78, 5) is 32.2. The third kappa shape index (κ3) is 4.49. The molecule has 5 rings (SSSR count). The summed E-state index contributed by atoms with van der Waals surface area (Å²) < 4.78 is 12.7. The molecule has 1 aliphatic carbocycles. The van der Waals surface area contributed by atoms with Crippen LogP contribution in [-0.2, 0) is 27.1 Å². The summed E-state index contributed by atoms with van der Waals surface area (Å²) in [6.45, 7) is 6.41. The maximum atomic E-state index is 12.7. The van der Waals surface area contributed by atoms with E-state index in [0.717, 1.165) is 66.6 Å². The van der Waals surface area contributed by atoms with Gasteiger partial charge in [0.2, 0.25) is 0 Å². The normalized spacial score (nSPS) is 22.9. The van der Waals surface area contributed by atoms with Crippen LogP contribution < -0.4 is 4.90 Å². The number of anilines is 1. The van der Waals surface area contributed by atoms with Crippen molar-refractivity contribution >= 4 is 28.8 Å². The first-order chi connectivity index (χ1) is 17.7. The second kappa shape index (κ2) is 9.84. The van der Waals surface area contributed by atoms with Gasteiger partial charge in [0.1, 0.15) is 5.82 Å². The van der Waals surface area contributed by atoms with Gasteiger partial charge in [0.15, 0.2) is 0 Å². The number of aryl methyl sites for hydroxylation is 1. The molecular weight excluding hydrogens is 466 g/mol. The minimum Gasteiger partial charge on any atom is -0.469 e. The van der Waals surface area contributed by atoms with Crippen molar-refractivity contribution in [1.82, 2.24) is 9.55 Å². The van der Waals surface area contributed by atoms with E-state index in [1.807, 2.05) is 6.07 Å². The van der Waals surface area contributed by atoms with E-state index in [1.165, 1.54) is 19.8 Å². The van der Waals surface area contributed by atoms with Gasteiger partial charge < -0.3 is 14.0 Å². The minimum atomic E-state index is -0.334. The predicted molar refractivity (Wildman–Crippen MR) is 144 cm³/mol. The lowest BCUT2D eigenvalue weighted by Crippen LogP contribution is -2.42. The Hall–Kier alpha value is -3.35. The molecule has 0 radical (unpaired) electrons. The Bertz CT molecular complexity index is 1310. The van der Waals surface area contributed by atoms with E-state index in [2.05, 4.69) is 61.7 Å². The molecule has 196 valence electrons. The first-order valence-corrected chi connectivity index (χ1v) is 13.3. The first kappa shape index (κ1) is 25.3. The Morgan fingerprint density at radius 1 is 1.03 bits per heavy atom. The highest BCUT2D eigenvalue weighted by Crippen LogP contribution is 2.48. The summed E-state index contributed by atoms with van der Waals surface area (Å²) in [6, 6.07) is 14.9. The molecule has 7 nitrogen and oxygen atoms in total. The van der Waals surface area contributed by atoms with Gasteiger partial charge >= 0.3 is 12.1 Å². The number of carbonyl (C=O) groups is 2. The SMILES string of the molecule is COC(=O)[C@@H]1CC[C@H](n2c(Cc3ccccc3)nc3c4c(ccc32)N(C(=O)OC)[C@@H](C)CC4)CC1(C)C. The summed E-state index contributed by atoms with van der Waals surface area (Å²) in [7, 11) is 2.91. The standard InChI is InChI=1S/C30H37N3O4/c1-19-11-13-22-24(32(19)29(35)37-5)15-16-25-27(22)31-26(17-20-9-7-6-8-10-20)33(25)21-12-14-23(28(34)36-4)30(2,3)18-21/h6-10,15-16,19,21,23H,11-14,17-18H2,1-5H3/t19-,21-,23-/m0/s1. The number of carbonyl (C=O) groups excluding carboxylic acids is 2. The lowest BCUT2D eigenvalue weighted by molar-refractivity contribution is -0.152. The van der Waals surface area contributed by atoms with Crippen molar-refractivity contribution < 1.29 is 19.1 Å². The number of methoxy groups -OCH3 is 2. The number of benzene rings is 2. The van der Waals surface area contributed by atoms with Crippen LogP contribution in [0.5, 0.6) is 0 Å². The molecule has 3 atom stereocenters. The number of rotatable bonds is 4. The third-order valence-electron chi connectivity index (χ3n) is 8.45. The first-order valence-electron chi connectivity index (χ1n) is 13.3. The number of amides is 1. The van der Waals surface area contributed by atoms with E-state index in [0.29, 0.717) is 0 Å². The third-order valence-corrected chi connectivity index (χ3v) is 8.45. The molecule has 7 heteroatoms. The van der Waals surface area contributed by atoms with Crippen molar-refractivity contribution in [1.29, 1.82) is 0 Å². The monoisotopic (exact) mass is 503 g/mol. The molecule has 2 heterocycles. The van der Waals surface area contributed by atoms with E-state index in [9.17, 15) is 9.59 Å².